The SMILES string of the molecule is Cc1ccc2c(c1)NC(=S)Cc1cnc(Nc3ccc(OC4CCN(C)CC4)nc3C)nc1-2. The minimum Gasteiger partial charge on any atom is -0.474 e. The highest BCUT2D eigenvalue weighted by Gasteiger charge is 2.21. The molecule has 33 heavy (non-hydrogen) atoms. The van der Waals surface area contributed by atoms with Crippen molar-refractivity contribution in [3.8, 4) is 17.1 Å². The van der Waals surface area contributed by atoms with Gasteiger partial charge in [-0.05, 0) is 51.4 Å². The summed E-state index contributed by atoms with van der Waals surface area (Å²) in [6.07, 6.45) is 4.75. The van der Waals surface area contributed by atoms with Gasteiger partial charge in [-0.1, -0.05) is 24.4 Å². The number of aromatic nitrogens is 3. The molecule has 0 atom stereocenters. The molecule has 7 nitrogen and oxygen atoms in total. The molecule has 2 aliphatic heterocycles. The molecule has 0 aliphatic carbocycles. The second kappa shape index (κ2) is 9.03. The highest BCUT2D eigenvalue weighted by Crippen LogP contribution is 2.34. The first-order valence-corrected chi connectivity index (χ1v) is 11.7. The Morgan fingerprint density at radius 1 is 1.12 bits per heavy atom. The summed E-state index contributed by atoms with van der Waals surface area (Å²) < 4.78 is 6.12. The lowest BCUT2D eigenvalue weighted by molar-refractivity contribution is 0.110. The maximum Gasteiger partial charge on any atom is 0.227 e. The molecule has 1 fully saturated rings. The highest BCUT2D eigenvalue weighted by atomic mass is 32.1. The van der Waals surface area contributed by atoms with Gasteiger partial charge in [0.25, 0.3) is 0 Å². The zero-order valence-corrected chi connectivity index (χ0v) is 20.0. The number of aryl methyl sites for hydroxylation is 2. The predicted molar refractivity (Wildman–Crippen MR) is 136 cm³/mol. The monoisotopic (exact) mass is 460 g/mol. The first-order chi connectivity index (χ1) is 15.9. The Bertz CT molecular complexity index is 1210. The lowest BCUT2D eigenvalue weighted by Gasteiger charge is -2.29. The van der Waals surface area contributed by atoms with E-state index in [1.807, 2.05) is 25.3 Å². The van der Waals surface area contributed by atoms with E-state index in [1.54, 1.807) is 0 Å². The highest BCUT2D eigenvalue weighted by molar-refractivity contribution is 7.80. The van der Waals surface area contributed by atoms with Crippen molar-refractivity contribution in [2.75, 3.05) is 30.8 Å². The number of nitrogens with one attached hydrogen (secondary N) is 2. The Labute approximate surface area is 199 Å². The lowest BCUT2D eigenvalue weighted by atomic mass is 10.0. The molecule has 1 saturated heterocycles. The second-order valence-electron chi connectivity index (χ2n) is 8.87. The molecule has 3 aromatic rings. The van der Waals surface area contributed by atoms with Crippen LogP contribution in [0.4, 0.5) is 17.3 Å². The van der Waals surface area contributed by atoms with Crippen LogP contribution in [0.5, 0.6) is 5.88 Å². The van der Waals surface area contributed by atoms with Crippen LogP contribution in [0.2, 0.25) is 0 Å². The van der Waals surface area contributed by atoms with E-state index in [-0.39, 0.29) is 6.10 Å². The number of rotatable bonds is 4. The summed E-state index contributed by atoms with van der Waals surface area (Å²) in [6.45, 7) is 6.15. The molecule has 0 amide bonds. The summed E-state index contributed by atoms with van der Waals surface area (Å²) in [4.78, 5) is 17.2. The van der Waals surface area contributed by atoms with Crippen molar-refractivity contribution >= 4 is 34.5 Å². The molecule has 0 unspecified atom stereocenters. The summed E-state index contributed by atoms with van der Waals surface area (Å²) in [6, 6.07) is 10.2. The van der Waals surface area contributed by atoms with E-state index >= 15 is 0 Å². The Balaban J connectivity index is 1.37. The number of piperidine rings is 1. The minimum atomic E-state index is 0.225. The van der Waals surface area contributed by atoms with Gasteiger partial charge in [-0.2, -0.15) is 0 Å². The van der Waals surface area contributed by atoms with Crippen molar-refractivity contribution in [3.05, 3.63) is 53.3 Å². The van der Waals surface area contributed by atoms with Crippen molar-refractivity contribution in [1.29, 1.82) is 0 Å². The van der Waals surface area contributed by atoms with Crippen molar-refractivity contribution in [2.45, 2.75) is 39.2 Å². The molecule has 2 aromatic heterocycles. The van der Waals surface area contributed by atoms with E-state index in [0.29, 0.717) is 18.2 Å². The van der Waals surface area contributed by atoms with Gasteiger partial charge in [-0.15, -0.1) is 0 Å². The van der Waals surface area contributed by atoms with E-state index in [4.69, 9.17) is 21.9 Å². The van der Waals surface area contributed by atoms with Gasteiger partial charge in [0.05, 0.1) is 22.1 Å². The topological polar surface area (TPSA) is 75.2 Å². The van der Waals surface area contributed by atoms with Gasteiger partial charge in [0.2, 0.25) is 11.8 Å². The average Bonchev–Trinajstić information content (AvgIpc) is 2.92. The quantitative estimate of drug-likeness (QED) is 0.544. The van der Waals surface area contributed by atoms with Crippen LogP contribution >= 0.6 is 12.2 Å². The van der Waals surface area contributed by atoms with Gasteiger partial charge >= 0.3 is 0 Å². The van der Waals surface area contributed by atoms with Gasteiger partial charge in [0.1, 0.15) is 6.10 Å². The third-order valence-electron chi connectivity index (χ3n) is 6.18. The van der Waals surface area contributed by atoms with Crippen molar-refractivity contribution in [1.82, 2.24) is 19.9 Å². The molecule has 5 rings (SSSR count). The first-order valence-electron chi connectivity index (χ1n) is 11.3. The van der Waals surface area contributed by atoms with E-state index in [9.17, 15) is 0 Å². The van der Waals surface area contributed by atoms with Crippen LogP contribution in [-0.2, 0) is 6.42 Å². The maximum absolute atomic E-state index is 6.12. The van der Waals surface area contributed by atoms with Crippen molar-refractivity contribution < 1.29 is 4.74 Å². The molecule has 4 heterocycles. The standard InChI is InChI=1S/C25H28N6OS/c1-15-4-5-19-21(12-15)28-23(33)13-17-14-26-25(30-24(17)19)29-20-6-7-22(27-16(20)2)32-18-8-10-31(3)11-9-18/h4-7,12,14,18H,8-11,13H2,1-3H3,(H,28,33)(H,26,29,30). The summed E-state index contributed by atoms with van der Waals surface area (Å²) in [5, 5.41) is 6.68. The largest absolute Gasteiger partial charge is 0.474 e. The minimum absolute atomic E-state index is 0.225. The Morgan fingerprint density at radius 2 is 1.94 bits per heavy atom. The van der Waals surface area contributed by atoms with Gasteiger partial charge in [0, 0.05) is 48.6 Å². The third-order valence-corrected chi connectivity index (χ3v) is 6.43. The van der Waals surface area contributed by atoms with E-state index in [0.717, 1.165) is 64.8 Å². The number of pyridine rings is 1. The number of hydrogen-bond donors (Lipinski definition) is 2. The molecular formula is C25H28N6OS. The average molecular weight is 461 g/mol. The van der Waals surface area contributed by atoms with Gasteiger partial charge < -0.3 is 20.3 Å². The second-order valence-corrected chi connectivity index (χ2v) is 9.36. The number of benzene rings is 1. The van der Waals surface area contributed by atoms with Crippen molar-refractivity contribution in [3.63, 3.8) is 0 Å². The number of thiocarbonyl (C=S) groups is 1. The molecule has 2 aliphatic rings. The smallest absolute Gasteiger partial charge is 0.227 e. The number of nitrogens with zero attached hydrogens (tertiary/aromatic N) is 4. The van der Waals surface area contributed by atoms with Gasteiger partial charge in [0.15, 0.2) is 0 Å². The van der Waals surface area contributed by atoms with Crippen LogP contribution < -0.4 is 15.4 Å². The fourth-order valence-electron chi connectivity index (χ4n) is 4.29. The summed E-state index contributed by atoms with van der Waals surface area (Å²) in [5.41, 5.74) is 6.79. The Hall–Kier alpha value is -3.10. The maximum atomic E-state index is 6.12. The molecule has 0 radical (unpaired) electrons. The molecule has 0 spiro atoms. The van der Waals surface area contributed by atoms with Crippen LogP contribution in [0.15, 0.2) is 36.5 Å². The van der Waals surface area contributed by atoms with Crippen LogP contribution in [0.1, 0.15) is 29.7 Å². The zero-order chi connectivity index (χ0) is 22.9. The van der Waals surface area contributed by atoms with Crippen LogP contribution in [-0.4, -0.2) is 51.1 Å². The van der Waals surface area contributed by atoms with Gasteiger partial charge in [-0.25, -0.2) is 15.0 Å². The van der Waals surface area contributed by atoms with Crippen LogP contribution in [0.25, 0.3) is 11.3 Å². The number of anilines is 3. The summed E-state index contributed by atoms with van der Waals surface area (Å²) >= 11 is 5.51. The number of hydrogen-bond acceptors (Lipinski definition) is 7. The normalized spacial score (nSPS) is 16.4. The molecule has 170 valence electrons. The molecule has 8 heteroatoms. The fourth-order valence-corrected chi connectivity index (χ4v) is 4.56. The predicted octanol–water partition coefficient (Wildman–Crippen LogP) is 4.67. The molecule has 1 aromatic carbocycles. The molecule has 0 saturated carbocycles. The first kappa shape index (κ1) is 21.7. The fraction of sp³-hybridized carbons (Fsp3) is 0.360. The van der Waals surface area contributed by atoms with Crippen LogP contribution in [0.3, 0.4) is 0 Å². The number of ether oxygens (including phenoxy) is 1. The molecule has 0 bridgehead atoms. The van der Waals surface area contributed by atoms with E-state index < -0.39 is 0 Å². The van der Waals surface area contributed by atoms with Gasteiger partial charge in [-0.3, -0.25) is 0 Å². The number of likely N-dealkylation sites (tertiary alicyclic amines) is 1. The lowest BCUT2D eigenvalue weighted by Crippen LogP contribution is -2.35. The summed E-state index contributed by atoms with van der Waals surface area (Å²) in [7, 11) is 2.15. The summed E-state index contributed by atoms with van der Waals surface area (Å²) in [5.74, 6) is 1.20. The van der Waals surface area contributed by atoms with E-state index in [1.165, 1.54) is 5.56 Å². The van der Waals surface area contributed by atoms with E-state index in [2.05, 4.69) is 57.7 Å². The zero-order valence-electron chi connectivity index (χ0n) is 19.2. The third kappa shape index (κ3) is 4.82. The number of fused-ring (bicyclic) bond motifs is 3. The Kier molecular flexibility index (Phi) is 5.95. The van der Waals surface area contributed by atoms with Crippen LogP contribution in [0, 0.1) is 13.8 Å². The molecule has 2 N–H and O–H groups in total. The molecular weight excluding hydrogens is 432 g/mol. The van der Waals surface area contributed by atoms with Crippen molar-refractivity contribution in [2.24, 2.45) is 0 Å². The Morgan fingerprint density at radius 3 is 2.73 bits per heavy atom.